The number of nitrogens with one attached hydrogen (secondary N) is 1. The first-order chi connectivity index (χ1) is 14.2. The number of nitrogens with zero attached hydrogens (tertiary/aromatic N) is 4. The van der Waals surface area contributed by atoms with Crippen LogP contribution in [0.5, 0.6) is 5.88 Å². The minimum atomic E-state index is -2.65. The van der Waals surface area contributed by atoms with Crippen molar-refractivity contribution in [1.82, 2.24) is 15.0 Å². The number of carbonyl (C=O) groups excluding carboxylic acids is 1. The topological polar surface area (TPSA) is 96.1 Å². The van der Waals surface area contributed by atoms with Crippen LogP contribution in [0.3, 0.4) is 0 Å². The van der Waals surface area contributed by atoms with Gasteiger partial charge in [-0.3, -0.25) is 9.80 Å². The van der Waals surface area contributed by atoms with Gasteiger partial charge >= 0.3 is 0 Å². The lowest BCUT2D eigenvalue weighted by Crippen LogP contribution is -2.43. The van der Waals surface area contributed by atoms with Gasteiger partial charge in [-0.1, -0.05) is 0 Å². The summed E-state index contributed by atoms with van der Waals surface area (Å²) < 4.78 is 32.0. The van der Waals surface area contributed by atoms with Crippen molar-refractivity contribution in [3.05, 3.63) is 34.3 Å². The lowest BCUT2D eigenvalue weighted by Gasteiger charge is -2.38. The molecule has 2 unspecified atom stereocenters. The molecule has 3 heterocycles. The number of aliphatic imine (C=N–C) groups is 1. The Morgan fingerprint density at radius 3 is 2.81 bits per heavy atom. The Morgan fingerprint density at radius 2 is 2.19 bits per heavy atom. The highest BCUT2D eigenvalue weighted by molar-refractivity contribution is 7.18. The molecule has 1 amide bonds. The second kappa shape index (κ2) is 8.56. The van der Waals surface area contributed by atoms with Crippen molar-refractivity contribution in [3.63, 3.8) is 0 Å². The van der Waals surface area contributed by atoms with Crippen LogP contribution in [0.25, 0.3) is 0 Å². The molecule has 12 heteroatoms. The first-order valence-corrected chi connectivity index (χ1v) is 10.2. The fourth-order valence-electron chi connectivity index (χ4n) is 3.34. The van der Waals surface area contributed by atoms with Gasteiger partial charge < -0.3 is 15.8 Å². The molecule has 0 saturated heterocycles. The van der Waals surface area contributed by atoms with Gasteiger partial charge in [0.15, 0.2) is 0 Å². The van der Waals surface area contributed by atoms with Crippen LogP contribution < -0.4 is 15.8 Å². The van der Waals surface area contributed by atoms with Crippen molar-refractivity contribution in [2.24, 2.45) is 16.6 Å². The molecule has 0 radical (unpaired) electrons. The van der Waals surface area contributed by atoms with E-state index in [9.17, 15) is 13.6 Å². The fourth-order valence-corrected chi connectivity index (χ4v) is 4.37. The van der Waals surface area contributed by atoms with E-state index in [2.05, 4.69) is 15.3 Å². The molecule has 31 heavy (non-hydrogen) atoms. The summed E-state index contributed by atoms with van der Waals surface area (Å²) in [6.45, 7) is 1.73. The largest absolute Gasteiger partial charge is 0.476 e. The van der Waals surface area contributed by atoms with Crippen molar-refractivity contribution in [2.45, 2.75) is 25.4 Å². The lowest BCUT2D eigenvalue weighted by molar-refractivity contribution is 0.0773. The van der Waals surface area contributed by atoms with E-state index >= 15 is 0 Å². The summed E-state index contributed by atoms with van der Waals surface area (Å²) in [7, 11) is 3.72. The molecule has 168 valence electrons. The number of amides is 1. The Hall–Kier alpha value is -2.50. The number of carbonyl (C=O) groups is 1. The number of hydrogen-bond acceptors (Lipinski definition) is 8. The van der Waals surface area contributed by atoms with Crippen molar-refractivity contribution < 1.29 is 18.3 Å². The van der Waals surface area contributed by atoms with Crippen LogP contribution >= 0.6 is 23.7 Å². The van der Waals surface area contributed by atoms with Crippen molar-refractivity contribution in [2.75, 3.05) is 26.0 Å². The first-order valence-electron chi connectivity index (χ1n) is 9.34. The number of halogens is 3. The number of rotatable bonds is 7. The van der Waals surface area contributed by atoms with E-state index in [-0.39, 0.29) is 31.3 Å². The molecule has 0 spiro atoms. The van der Waals surface area contributed by atoms with Crippen LogP contribution in [0.15, 0.2) is 23.3 Å². The van der Waals surface area contributed by atoms with Crippen LogP contribution in [0.1, 0.15) is 33.4 Å². The number of hydrazine groups is 1. The number of fused-ring (bicyclic) bond motifs is 1. The minimum Gasteiger partial charge on any atom is -0.476 e. The maximum atomic E-state index is 13.2. The summed E-state index contributed by atoms with van der Waals surface area (Å²) in [6.07, 6.45) is 2.61. The number of ether oxygens (including phenoxy) is 1. The third kappa shape index (κ3) is 4.43. The van der Waals surface area contributed by atoms with E-state index in [1.807, 2.05) is 31.0 Å². The molecule has 1 aliphatic heterocycles. The molecule has 3 N–H and O–H groups in total. The lowest BCUT2D eigenvalue weighted by atomic mass is 10.1. The number of primary amides is 1. The molecule has 0 aromatic carbocycles. The van der Waals surface area contributed by atoms with Crippen molar-refractivity contribution in [1.29, 1.82) is 0 Å². The molecule has 2 aromatic heterocycles. The summed E-state index contributed by atoms with van der Waals surface area (Å²) in [5.74, 6) is -3.70. The SMILES string of the molecule is Cc1c(C(N)=O)sc2c1C(Nc1cccnc1OCC1CC1(F)F)N(N(C)C)C=N2.Cl. The second-order valence-corrected chi connectivity index (χ2v) is 8.49. The monoisotopic (exact) mass is 472 g/mol. The number of pyridine rings is 1. The minimum absolute atomic E-state index is 0. The second-order valence-electron chi connectivity index (χ2n) is 7.49. The highest BCUT2D eigenvalue weighted by atomic mass is 35.5. The summed E-state index contributed by atoms with van der Waals surface area (Å²) in [5, 5.41) is 7.73. The molecule has 8 nitrogen and oxygen atoms in total. The predicted molar refractivity (Wildman–Crippen MR) is 118 cm³/mol. The third-order valence-corrected chi connectivity index (χ3v) is 6.36. The first kappa shape index (κ1) is 23.2. The number of alkyl halides is 2. The standard InChI is InChI=1S/C19H22F2N6O2S.ClH/c1-10-13-16(27(26(2)3)9-24-18(13)30-14(10)15(22)28)25-12-5-4-6-23-17(12)29-8-11-7-19(11,20)21;/h4-6,9,11,16,25H,7-8H2,1-3H3,(H2,22,28);1H. The maximum Gasteiger partial charge on any atom is 0.259 e. The third-order valence-electron chi connectivity index (χ3n) is 5.13. The average Bonchev–Trinajstić information content (AvgIpc) is 3.15. The normalized spacial score (nSPS) is 20.8. The van der Waals surface area contributed by atoms with Gasteiger partial charge in [-0.15, -0.1) is 23.7 Å². The van der Waals surface area contributed by atoms with Crippen molar-refractivity contribution >= 4 is 46.7 Å². The highest BCUT2D eigenvalue weighted by Crippen LogP contribution is 2.49. The maximum absolute atomic E-state index is 13.2. The average molecular weight is 473 g/mol. The summed E-state index contributed by atoms with van der Waals surface area (Å²) in [5.41, 5.74) is 7.63. The zero-order valence-corrected chi connectivity index (χ0v) is 18.8. The smallest absolute Gasteiger partial charge is 0.259 e. The molecule has 1 fully saturated rings. The summed E-state index contributed by atoms with van der Waals surface area (Å²) >= 11 is 1.24. The number of thiophene rings is 1. The predicted octanol–water partition coefficient (Wildman–Crippen LogP) is 3.57. The van der Waals surface area contributed by atoms with E-state index < -0.39 is 23.9 Å². The van der Waals surface area contributed by atoms with Gasteiger partial charge in [-0.2, -0.15) is 0 Å². The van der Waals surface area contributed by atoms with E-state index in [0.29, 0.717) is 15.6 Å². The Bertz CT molecular complexity index is 1020. The van der Waals surface area contributed by atoms with E-state index in [0.717, 1.165) is 11.1 Å². The molecule has 1 saturated carbocycles. The molecule has 2 aliphatic rings. The van der Waals surface area contributed by atoms with Crippen LogP contribution in [0.4, 0.5) is 19.5 Å². The quantitative estimate of drug-likeness (QED) is 0.639. The van der Waals surface area contributed by atoms with Crippen LogP contribution in [-0.4, -0.2) is 53.9 Å². The molecule has 2 atom stereocenters. The summed E-state index contributed by atoms with van der Waals surface area (Å²) in [6, 6.07) is 3.50. The van der Waals surface area contributed by atoms with E-state index in [4.69, 9.17) is 10.5 Å². The van der Waals surface area contributed by atoms with Gasteiger partial charge in [0, 0.05) is 32.3 Å². The molecule has 0 bridgehead atoms. The van der Waals surface area contributed by atoms with E-state index in [1.165, 1.54) is 11.3 Å². The van der Waals surface area contributed by atoms with Gasteiger partial charge in [0.2, 0.25) is 5.88 Å². The Kier molecular flexibility index (Phi) is 6.40. The van der Waals surface area contributed by atoms with Crippen LogP contribution in [0.2, 0.25) is 0 Å². The molecule has 2 aromatic rings. The van der Waals surface area contributed by atoms with Gasteiger partial charge in [0.05, 0.1) is 23.1 Å². The van der Waals surface area contributed by atoms with Gasteiger partial charge in [0.1, 0.15) is 17.5 Å². The molecule has 1 aliphatic carbocycles. The van der Waals surface area contributed by atoms with Crippen LogP contribution in [0, 0.1) is 12.8 Å². The van der Waals surface area contributed by atoms with Crippen LogP contribution in [-0.2, 0) is 0 Å². The molecular weight excluding hydrogens is 450 g/mol. The number of hydrogen-bond donors (Lipinski definition) is 2. The molecular formula is C19H23ClF2N6O2S. The Labute approximate surface area is 188 Å². The zero-order chi connectivity index (χ0) is 21.6. The molecule has 4 rings (SSSR count). The van der Waals surface area contributed by atoms with Gasteiger partial charge in [0.25, 0.3) is 11.8 Å². The van der Waals surface area contributed by atoms with Crippen molar-refractivity contribution in [3.8, 4) is 5.88 Å². The zero-order valence-electron chi connectivity index (χ0n) is 17.1. The Balaban J connectivity index is 0.00000272. The summed E-state index contributed by atoms with van der Waals surface area (Å²) in [4.78, 5) is 20.9. The fraction of sp³-hybridized carbons (Fsp3) is 0.421. The number of aromatic nitrogens is 1. The number of anilines is 1. The van der Waals surface area contributed by atoms with Gasteiger partial charge in [-0.25, -0.2) is 23.8 Å². The number of nitrogens with two attached hydrogens (primary N) is 1. The van der Waals surface area contributed by atoms with E-state index in [1.54, 1.807) is 24.7 Å². The van der Waals surface area contributed by atoms with Gasteiger partial charge in [-0.05, 0) is 24.6 Å². The highest BCUT2D eigenvalue weighted by Gasteiger charge is 2.57. The Morgan fingerprint density at radius 1 is 1.48 bits per heavy atom.